The fourth-order valence-corrected chi connectivity index (χ4v) is 3.64. The van der Waals surface area contributed by atoms with Gasteiger partial charge in [0, 0.05) is 11.3 Å². The van der Waals surface area contributed by atoms with Crippen LogP contribution in [0.2, 0.25) is 0 Å². The molecule has 2 N–H and O–H groups in total. The Balaban J connectivity index is 1.78. The molecular weight excluding hydrogens is 316 g/mol. The Morgan fingerprint density at radius 2 is 2.27 bits per heavy atom. The molecule has 0 fully saturated rings. The van der Waals surface area contributed by atoms with Crippen molar-refractivity contribution in [3.63, 3.8) is 0 Å². The lowest BCUT2D eigenvalue weighted by atomic mass is 10.2. The highest BCUT2D eigenvalue weighted by Crippen LogP contribution is 2.29. The maximum Gasteiger partial charge on any atom is 0.216 e. The molecule has 3 aromatic heterocycles. The van der Waals surface area contributed by atoms with Crippen molar-refractivity contribution in [2.45, 2.75) is 26.2 Å². The SMILES string of the molecule is Cc1ccsc1C=Nn1c(-c2n[nH]c3c2CCC3)n[nH]c1=S. The van der Waals surface area contributed by atoms with Gasteiger partial charge in [0.05, 0.1) is 11.1 Å². The molecule has 0 aromatic carbocycles. The van der Waals surface area contributed by atoms with E-state index >= 15 is 0 Å². The van der Waals surface area contributed by atoms with Crippen LogP contribution in [0.4, 0.5) is 0 Å². The summed E-state index contributed by atoms with van der Waals surface area (Å²) in [5, 5.41) is 21.2. The lowest BCUT2D eigenvalue weighted by Crippen LogP contribution is -1.97. The van der Waals surface area contributed by atoms with Gasteiger partial charge in [-0.1, -0.05) is 0 Å². The van der Waals surface area contributed by atoms with Gasteiger partial charge in [-0.3, -0.25) is 5.10 Å². The summed E-state index contributed by atoms with van der Waals surface area (Å²) in [5.74, 6) is 0.662. The van der Waals surface area contributed by atoms with Gasteiger partial charge >= 0.3 is 0 Å². The second-order valence-corrected chi connectivity index (χ2v) is 6.59. The molecular formula is C14H14N6S2. The summed E-state index contributed by atoms with van der Waals surface area (Å²) in [6.45, 7) is 2.06. The van der Waals surface area contributed by atoms with Crippen LogP contribution < -0.4 is 0 Å². The molecule has 3 aromatic rings. The van der Waals surface area contributed by atoms with E-state index in [9.17, 15) is 0 Å². The third kappa shape index (κ3) is 2.15. The number of thiophene rings is 1. The van der Waals surface area contributed by atoms with Crippen LogP contribution in [0, 0.1) is 11.7 Å². The third-order valence-electron chi connectivity index (χ3n) is 3.86. The van der Waals surface area contributed by atoms with Crippen LogP contribution in [-0.2, 0) is 12.8 Å². The second kappa shape index (κ2) is 5.29. The number of nitrogens with one attached hydrogen (secondary N) is 2. The zero-order valence-corrected chi connectivity index (χ0v) is 13.6. The number of hydrogen-bond donors (Lipinski definition) is 2. The highest BCUT2D eigenvalue weighted by atomic mass is 32.1. The summed E-state index contributed by atoms with van der Waals surface area (Å²) < 4.78 is 2.11. The van der Waals surface area contributed by atoms with Crippen LogP contribution in [0.3, 0.4) is 0 Å². The van der Waals surface area contributed by atoms with Crippen LogP contribution in [0.15, 0.2) is 16.5 Å². The predicted octanol–water partition coefficient (Wildman–Crippen LogP) is 3.07. The Bertz CT molecular complexity index is 910. The van der Waals surface area contributed by atoms with Crippen molar-refractivity contribution in [3.05, 3.63) is 37.9 Å². The smallest absolute Gasteiger partial charge is 0.216 e. The van der Waals surface area contributed by atoms with Crippen LogP contribution in [-0.4, -0.2) is 31.3 Å². The van der Waals surface area contributed by atoms with Crippen LogP contribution >= 0.6 is 23.6 Å². The first-order valence-electron chi connectivity index (χ1n) is 7.06. The van der Waals surface area contributed by atoms with Crippen molar-refractivity contribution in [1.82, 2.24) is 25.1 Å². The minimum absolute atomic E-state index is 0.468. The van der Waals surface area contributed by atoms with E-state index < -0.39 is 0 Å². The Kier molecular flexibility index (Phi) is 3.27. The van der Waals surface area contributed by atoms with Gasteiger partial charge in [-0.15, -0.1) is 11.3 Å². The molecule has 0 spiro atoms. The molecule has 112 valence electrons. The molecule has 8 heteroatoms. The Morgan fingerprint density at radius 3 is 3.09 bits per heavy atom. The number of fused-ring (bicyclic) bond motifs is 1. The fraction of sp³-hybridized carbons (Fsp3) is 0.286. The van der Waals surface area contributed by atoms with Crippen molar-refractivity contribution >= 4 is 29.8 Å². The van der Waals surface area contributed by atoms with E-state index in [1.807, 2.05) is 11.6 Å². The standard InChI is InChI=1S/C14H14N6S2/c1-8-5-6-22-11(8)7-15-20-13(18-19-14(20)21)12-9-3-2-4-10(9)16-17-12/h5-7H,2-4H2,1H3,(H,16,17)(H,19,21). The molecule has 3 heterocycles. The van der Waals surface area contributed by atoms with E-state index in [0.717, 1.165) is 29.8 Å². The van der Waals surface area contributed by atoms with Gasteiger partial charge in [0.15, 0.2) is 0 Å². The molecule has 0 amide bonds. The molecule has 0 aliphatic heterocycles. The number of rotatable bonds is 3. The molecule has 0 saturated heterocycles. The number of aryl methyl sites for hydroxylation is 2. The van der Waals surface area contributed by atoms with E-state index in [-0.39, 0.29) is 0 Å². The predicted molar refractivity (Wildman–Crippen MR) is 89.1 cm³/mol. The summed E-state index contributed by atoms with van der Waals surface area (Å²) >= 11 is 6.95. The maximum atomic E-state index is 5.30. The zero-order valence-electron chi connectivity index (χ0n) is 12.0. The number of aromatic nitrogens is 5. The second-order valence-electron chi connectivity index (χ2n) is 5.26. The van der Waals surface area contributed by atoms with E-state index in [0.29, 0.717) is 10.6 Å². The van der Waals surface area contributed by atoms with E-state index in [1.165, 1.54) is 16.8 Å². The number of nitrogens with zero attached hydrogens (tertiary/aromatic N) is 4. The summed E-state index contributed by atoms with van der Waals surface area (Å²) in [6, 6.07) is 2.07. The lowest BCUT2D eigenvalue weighted by Gasteiger charge is -1.99. The van der Waals surface area contributed by atoms with E-state index in [1.54, 1.807) is 16.0 Å². The van der Waals surface area contributed by atoms with Gasteiger partial charge in [-0.05, 0) is 55.4 Å². The first kappa shape index (κ1) is 13.6. The van der Waals surface area contributed by atoms with E-state index in [2.05, 4.69) is 38.5 Å². The molecule has 0 saturated carbocycles. The van der Waals surface area contributed by atoms with Gasteiger partial charge in [0.25, 0.3) is 0 Å². The first-order valence-corrected chi connectivity index (χ1v) is 8.35. The van der Waals surface area contributed by atoms with Crippen LogP contribution in [0.25, 0.3) is 11.5 Å². The monoisotopic (exact) mass is 330 g/mol. The molecule has 1 aliphatic carbocycles. The summed E-state index contributed by atoms with van der Waals surface area (Å²) in [7, 11) is 0. The van der Waals surface area contributed by atoms with Crippen LogP contribution in [0.5, 0.6) is 0 Å². The van der Waals surface area contributed by atoms with E-state index in [4.69, 9.17) is 12.2 Å². The zero-order chi connectivity index (χ0) is 15.1. The quantitative estimate of drug-likeness (QED) is 0.572. The Hall–Kier alpha value is -2.06. The lowest BCUT2D eigenvalue weighted by molar-refractivity contribution is 0.844. The van der Waals surface area contributed by atoms with Crippen molar-refractivity contribution in [3.8, 4) is 11.5 Å². The molecule has 1 aliphatic rings. The molecule has 0 atom stereocenters. The largest absolute Gasteiger partial charge is 0.282 e. The van der Waals surface area contributed by atoms with Crippen molar-refractivity contribution in [2.75, 3.05) is 0 Å². The average molecular weight is 330 g/mol. The minimum Gasteiger partial charge on any atom is -0.282 e. The van der Waals surface area contributed by atoms with Crippen molar-refractivity contribution in [1.29, 1.82) is 0 Å². The minimum atomic E-state index is 0.468. The van der Waals surface area contributed by atoms with Gasteiger partial charge in [0.2, 0.25) is 10.6 Å². The topological polar surface area (TPSA) is 74.7 Å². The molecule has 0 radical (unpaired) electrons. The van der Waals surface area contributed by atoms with Gasteiger partial charge in [-0.2, -0.15) is 20.0 Å². The first-order chi connectivity index (χ1) is 10.7. The normalized spacial score (nSPS) is 14.0. The molecule has 22 heavy (non-hydrogen) atoms. The highest BCUT2D eigenvalue weighted by molar-refractivity contribution is 7.71. The van der Waals surface area contributed by atoms with Crippen molar-refractivity contribution in [2.24, 2.45) is 5.10 Å². The third-order valence-corrected chi connectivity index (χ3v) is 5.08. The molecule has 0 bridgehead atoms. The van der Waals surface area contributed by atoms with Gasteiger partial charge in [0.1, 0.15) is 5.69 Å². The fourth-order valence-electron chi connectivity index (χ4n) is 2.68. The molecule has 6 nitrogen and oxygen atoms in total. The van der Waals surface area contributed by atoms with Gasteiger partial charge < -0.3 is 0 Å². The molecule has 4 rings (SSSR count). The molecule has 0 unspecified atom stereocenters. The average Bonchev–Trinajstić information content (AvgIpc) is 3.22. The Labute approximate surface area is 135 Å². The number of aromatic amines is 2. The maximum absolute atomic E-state index is 5.30. The number of hydrogen-bond acceptors (Lipinski definition) is 5. The summed E-state index contributed by atoms with van der Waals surface area (Å²) in [6.07, 6.45) is 5.04. The Morgan fingerprint density at radius 1 is 1.36 bits per heavy atom. The van der Waals surface area contributed by atoms with Crippen molar-refractivity contribution < 1.29 is 0 Å². The van der Waals surface area contributed by atoms with Gasteiger partial charge in [-0.25, -0.2) is 5.10 Å². The highest BCUT2D eigenvalue weighted by Gasteiger charge is 2.23. The number of H-pyrrole nitrogens is 2. The summed E-state index contributed by atoms with van der Waals surface area (Å²) in [5.41, 5.74) is 4.48. The summed E-state index contributed by atoms with van der Waals surface area (Å²) in [4.78, 5) is 1.11. The van der Waals surface area contributed by atoms with Crippen LogP contribution in [0.1, 0.15) is 28.1 Å².